The summed E-state index contributed by atoms with van der Waals surface area (Å²) in [5.41, 5.74) is 0. The quantitative estimate of drug-likeness (QED) is 0.776. The average Bonchev–Trinajstić information content (AvgIpc) is 2.71. The van der Waals surface area contributed by atoms with Crippen LogP contribution in [0.1, 0.15) is 14.5 Å². The first kappa shape index (κ1) is 13.8. The number of amides is 1. The van der Waals surface area contributed by atoms with E-state index in [1.165, 1.54) is 6.07 Å². The van der Waals surface area contributed by atoms with E-state index in [-0.39, 0.29) is 10.8 Å². The van der Waals surface area contributed by atoms with Crippen molar-refractivity contribution in [3.05, 3.63) is 15.8 Å². The molecule has 0 aliphatic carbocycles. The highest BCUT2D eigenvalue weighted by atomic mass is 35.7. The van der Waals surface area contributed by atoms with Crippen LogP contribution in [-0.4, -0.2) is 45.5 Å². The van der Waals surface area contributed by atoms with Crippen molar-refractivity contribution in [3.63, 3.8) is 0 Å². The van der Waals surface area contributed by atoms with E-state index in [4.69, 9.17) is 15.4 Å². The molecule has 0 unspecified atom stereocenters. The number of nitrogens with zero attached hydrogens (tertiary/aromatic N) is 1. The lowest BCUT2D eigenvalue weighted by Crippen LogP contribution is -2.40. The van der Waals surface area contributed by atoms with Gasteiger partial charge < -0.3 is 9.64 Å². The van der Waals surface area contributed by atoms with Gasteiger partial charge in [-0.25, -0.2) is 8.42 Å². The number of carbonyl (C=O) groups excluding carboxylic acids is 1. The number of hydrogen-bond acceptors (Lipinski definition) is 5. The Morgan fingerprint density at radius 3 is 2.56 bits per heavy atom. The second-order valence-electron chi connectivity index (χ2n) is 3.87. The maximum atomic E-state index is 12.1. The third-order valence-corrected chi connectivity index (χ3v) is 5.26. The van der Waals surface area contributed by atoms with Gasteiger partial charge in [-0.2, -0.15) is 0 Å². The van der Waals surface area contributed by atoms with Gasteiger partial charge in [0.25, 0.3) is 15.0 Å². The Bertz CT molecular complexity index is 560. The average molecular weight is 310 g/mol. The van der Waals surface area contributed by atoms with Crippen molar-refractivity contribution in [1.82, 2.24) is 4.90 Å². The maximum Gasteiger partial charge on any atom is 0.264 e. The number of hydrogen-bond donors (Lipinski definition) is 0. The smallest absolute Gasteiger partial charge is 0.264 e. The van der Waals surface area contributed by atoms with Crippen LogP contribution in [-0.2, 0) is 13.8 Å². The molecule has 8 heteroatoms. The Morgan fingerprint density at radius 1 is 1.44 bits per heavy atom. The van der Waals surface area contributed by atoms with E-state index in [0.717, 1.165) is 11.3 Å². The van der Waals surface area contributed by atoms with Gasteiger partial charge in [0, 0.05) is 28.6 Å². The van der Waals surface area contributed by atoms with Gasteiger partial charge in [-0.3, -0.25) is 4.79 Å². The van der Waals surface area contributed by atoms with Gasteiger partial charge in [0.2, 0.25) is 0 Å². The molecule has 1 aromatic rings. The molecule has 1 saturated heterocycles. The molecule has 0 spiro atoms. The molecule has 2 heterocycles. The second kappa shape index (κ2) is 5.16. The zero-order chi connectivity index (χ0) is 13.3. The van der Waals surface area contributed by atoms with Gasteiger partial charge in [0.15, 0.2) is 0 Å². The summed E-state index contributed by atoms with van der Waals surface area (Å²) in [6.45, 7) is 3.71. The van der Waals surface area contributed by atoms with E-state index in [2.05, 4.69) is 0 Å². The largest absolute Gasteiger partial charge is 0.378 e. The molecule has 1 aliphatic heterocycles. The van der Waals surface area contributed by atoms with Crippen molar-refractivity contribution >= 4 is 37.0 Å². The molecule has 0 atom stereocenters. The number of thiophene rings is 1. The number of ether oxygens (including phenoxy) is 1. The van der Waals surface area contributed by atoms with Gasteiger partial charge in [-0.1, -0.05) is 0 Å². The predicted octanol–water partition coefficient (Wildman–Crippen LogP) is 1.46. The molecule has 0 N–H and O–H groups in total. The van der Waals surface area contributed by atoms with E-state index < -0.39 is 9.05 Å². The fourth-order valence-corrected chi connectivity index (χ4v) is 4.37. The van der Waals surface area contributed by atoms with E-state index in [1.807, 2.05) is 0 Å². The molecule has 100 valence electrons. The van der Waals surface area contributed by atoms with Crippen LogP contribution in [0.2, 0.25) is 0 Å². The minimum absolute atomic E-state index is 0.0192. The minimum atomic E-state index is -3.79. The van der Waals surface area contributed by atoms with E-state index >= 15 is 0 Å². The standard InChI is InChI=1S/C10H12ClNO4S2/c1-7-9(18(11,14)15)6-8(17-7)10(13)12-2-4-16-5-3-12/h6H,2-5H2,1H3. The molecule has 1 aliphatic rings. The lowest BCUT2D eigenvalue weighted by molar-refractivity contribution is 0.0306. The van der Waals surface area contributed by atoms with Crippen LogP contribution < -0.4 is 0 Å². The number of aryl methyl sites for hydroxylation is 1. The SMILES string of the molecule is Cc1sc(C(=O)N2CCOCC2)cc1S(=O)(=O)Cl. The molecule has 0 radical (unpaired) electrons. The van der Waals surface area contributed by atoms with Crippen molar-refractivity contribution in [2.45, 2.75) is 11.8 Å². The highest BCUT2D eigenvalue weighted by Crippen LogP contribution is 2.29. The van der Waals surface area contributed by atoms with Crippen LogP contribution in [0.15, 0.2) is 11.0 Å². The van der Waals surface area contributed by atoms with Crippen LogP contribution >= 0.6 is 22.0 Å². The van der Waals surface area contributed by atoms with Gasteiger partial charge in [0.05, 0.1) is 23.0 Å². The van der Waals surface area contributed by atoms with Crippen molar-refractivity contribution < 1.29 is 17.9 Å². The monoisotopic (exact) mass is 309 g/mol. The molecule has 5 nitrogen and oxygen atoms in total. The Hall–Kier alpha value is -0.630. The highest BCUT2D eigenvalue weighted by Gasteiger charge is 2.24. The summed E-state index contributed by atoms with van der Waals surface area (Å²) >= 11 is 1.15. The zero-order valence-electron chi connectivity index (χ0n) is 9.68. The zero-order valence-corrected chi connectivity index (χ0v) is 12.1. The van der Waals surface area contributed by atoms with Gasteiger partial charge in [-0.15, -0.1) is 11.3 Å². The molecule has 0 aromatic carbocycles. The van der Waals surface area contributed by atoms with Gasteiger partial charge >= 0.3 is 0 Å². The van der Waals surface area contributed by atoms with E-state index in [1.54, 1.807) is 11.8 Å². The minimum Gasteiger partial charge on any atom is -0.378 e. The molecule has 0 saturated carbocycles. The molecular formula is C10H12ClNO4S2. The first-order valence-electron chi connectivity index (χ1n) is 5.31. The van der Waals surface area contributed by atoms with Crippen molar-refractivity contribution in [3.8, 4) is 0 Å². The number of halogens is 1. The molecule has 18 heavy (non-hydrogen) atoms. The summed E-state index contributed by atoms with van der Waals surface area (Å²) < 4.78 is 27.7. The van der Waals surface area contributed by atoms with Crippen LogP contribution in [0.3, 0.4) is 0 Å². The molecule has 0 bridgehead atoms. The molecule has 1 amide bonds. The third-order valence-electron chi connectivity index (χ3n) is 2.64. The summed E-state index contributed by atoms with van der Waals surface area (Å²) in [6.07, 6.45) is 0. The summed E-state index contributed by atoms with van der Waals surface area (Å²) in [5, 5.41) is 0. The van der Waals surface area contributed by atoms with Crippen LogP contribution in [0.25, 0.3) is 0 Å². The summed E-state index contributed by atoms with van der Waals surface area (Å²) in [5.74, 6) is -0.169. The second-order valence-corrected chi connectivity index (χ2v) is 7.66. The van der Waals surface area contributed by atoms with Crippen LogP contribution in [0.4, 0.5) is 0 Å². The fourth-order valence-electron chi connectivity index (χ4n) is 1.74. The topological polar surface area (TPSA) is 63.7 Å². The normalized spacial score (nSPS) is 16.9. The number of carbonyl (C=O) groups is 1. The van der Waals surface area contributed by atoms with Crippen LogP contribution in [0.5, 0.6) is 0 Å². The summed E-state index contributed by atoms with van der Waals surface area (Å²) in [6, 6.07) is 1.35. The highest BCUT2D eigenvalue weighted by molar-refractivity contribution is 8.13. The van der Waals surface area contributed by atoms with Crippen molar-refractivity contribution in [1.29, 1.82) is 0 Å². The van der Waals surface area contributed by atoms with Crippen molar-refractivity contribution in [2.75, 3.05) is 26.3 Å². The maximum absolute atomic E-state index is 12.1. The molecule has 2 rings (SSSR count). The summed E-state index contributed by atoms with van der Waals surface area (Å²) in [7, 11) is 1.51. The van der Waals surface area contributed by atoms with Crippen molar-refractivity contribution in [2.24, 2.45) is 0 Å². The van der Waals surface area contributed by atoms with E-state index in [9.17, 15) is 13.2 Å². The van der Waals surface area contributed by atoms with Gasteiger partial charge in [-0.05, 0) is 13.0 Å². The third kappa shape index (κ3) is 2.85. The Kier molecular flexibility index (Phi) is 3.96. The van der Waals surface area contributed by atoms with Gasteiger partial charge in [0.1, 0.15) is 0 Å². The Labute approximate surface area is 114 Å². The number of rotatable bonds is 2. The van der Waals surface area contributed by atoms with E-state index in [0.29, 0.717) is 36.1 Å². The molecular weight excluding hydrogens is 298 g/mol. The molecule has 1 fully saturated rings. The van der Waals surface area contributed by atoms with Crippen LogP contribution in [0, 0.1) is 6.92 Å². The lowest BCUT2D eigenvalue weighted by Gasteiger charge is -2.26. The predicted molar refractivity (Wildman–Crippen MR) is 68.8 cm³/mol. The fraction of sp³-hybridized carbons (Fsp3) is 0.500. The Morgan fingerprint density at radius 2 is 2.06 bits per heavy atom. The number of morpholine rings is 1. The molecule has 1 aromatic heterocycles. The Balaban J connectivity index is 2.26. The first-order valence-corrected chi connectivity index (χ1v) is 8.44. The summed E-state index contributed by atoms with van der Waals surface area (Å²) in [4.78, 5) is 14.7. The lowest BCUT2D eigenvalue weighted by atomic mass is 10.3. The first-order chi connectivity index (χ1) is 8.39.